The van der Waals surface area contributed by atoms with E-state index < -0.39 is 29.4 Å². The average Bonchev–Trinajstić information content (AvgIpc) is 3.06. The summed E-state index contributed by atoms with van der Waals surface area (Å²) in [5.74, 6) is -2.55. The summed E-state index contributed by atoms with van der Waals surface area (Å²) >= 11 is 0. The van der Waals surface area contributed by atoms with Gasteiger partial charge in [-0.05, 0) is 49.1 Å². The quantitative estimate of drug-likeness (QED) is 0.316. The molecule has 11 nitrogen and oxygen atoms in total. The van der Waals surface area contributed by atoms with Gasteiger partial charge >= 0.3 is 18.3 Å². The van der Waals surface area contributed by atoms with Gasteiger partial charge in [0.25, 0.3) is 5.91 Å². The molecule has 0 unspecified atom stereocenters. The molecule has 0 radical (unpaired) electrons. The van der Waals surface area contributed by atoms with Crippen molar-refractivity contribution in [2.75, 3.05) is 51.3 Å². The summed E-state index contributed by atoms with van der Waals surface area (Å²) in [5.41, 5.74) is 1.18. The number of methoxy groups -OCH3 is 1. The van der Waals surface area contributed by atoms with Gasteiger partial charge in [0.2, 0.25) is 11.8 Å². The monoisotopic (exact) mass is 710 g/mol. The van der Waals surface area contributed by atoms with Crippen molar-refractivity contribution in [2.24, 2.45) is 5.92 Å². The maximum absolute atomic E-state index is 14.1. The van der Waals surface area contributed by atoms with Crippen LogP contribution in [0.15, 0.2) is 42.6 Å². The van der Waals surface area contributed by atoms with Gasteiger partial charge in [0.15, 0.2) is 5.69 Å². The zero-order valence-corrected chi connectivity index (χ0v) is 27.4. The van der Waals surface area contributed by atoms with Crippen LogP contribution in [-0.4, -0.2) is 95.5 Å². The van der Waals surface area contributed by atoms with Crippen LogP contribution in [0.4, 0.5) is 32.0 Å². The number of hydrogen-bond donors (Lipinski definition) is 2. The summed E-state index contributed by atoms with van der Waals surface area (Å²) < 4.78 is 84.8. The lowest BCUT2D eigenvalue weighted by Crippen LogP contribution is -2.66. The van der Waals surface area contributed by atoms with E-state index in [1.807, 2.05) is 30.0 Å². The number of nitrogens with zero attached hydrogens (tertiary/aromatic N) is 5. The van der Waals surface area contributed by atoms with E-state index in [9.17, 15) is 31.1 Å². The number of aliphatic carboxylic acids is 1. The second-order valence-electron chi connectivity index (χ2n) is 12.1. The standard InChI is InChI=1S/C31H35F3N6O3.C2HF3O2/c1-4-19-17-39(24-10-11-25(42-3)38-27(24)31(32,33)34)14-12-30(19)18-40(20-15-35-16-20)29(41)26-22(30)8-9-23(37-26)21-7-6-13-36-28(21)43-5-2;3-2(4,5)1(6)7/h6-11,13,19-20,35H,4-5,12,14-18H2,1-3H3;(H,6,7)/t19-,30+;/m1./s1. The van der Waals surface area contributed by atoms with Crippen LogP contribution in [-0.2, 0) is 16.4 Å². The van der Waals surface area contributed by atoms with E-state index in [1.54, 1.807) is 17.2 Å². The third-order valence-corrected chi connectivity index (χ3v) is 9.33. The highest BCUT2D eigenvalue weighted by Gasteiger charge is 2.53. The van der Waals surface area contributed by atoms with Crippen molar-refractivity contribution in [2.45, 2.75) is 50.5 Å². The van der Waals surface area contributed by atoms with Gasteiger partial charge in [0.05, 0.1) is 36.7 Å². The Morgan fingerprint density at radius 2 is 1.80 bits per heavy atom. The Morgan fingerprint density at radius 3 is 2.38 bits per heavy atom. The van der Waals surface area contributed by atoms with E-state index in [0.29, 0.717) is 75.0 Å². The zero-order valence-electron chi connectivity index (χ0n) is 27.4. The van der Waals surface area contributed by atoms with Crippen molar-refractivity contribution in [1.82, 2.24) is 25.2 Å². The molecule has 1 spiro atoms. The lowest BCUT2D eigenvalue weighted by Gasteiger charge is -2.55. The van der Waals surface area contributed by atoms with Gasteiger partial charge in [-0.2, -0.15) is 26.3 Å². The van der Waals surface area contributed by atoms with Crippen molar-refractivity contribution in [3.8, 4) is 23.0 Å². The van der Waals surface area contributed by atoms with Crippen LogP contribution in [0.1, 0.15) is 48.4 Å². The van der Waals surface area contributed by atoms with Crippen LogP contribution < -0.4 is 19.7 Å². The lowest BCUT2D eigenvalue weighted by molar-refractivity contribution is -0.192. The van der Waals surface area contributed by atoms with Crippen LogP contribution in [0, 0.1) is 5.92 Å². The molecular weight excluding hydrogens is 674 g/mol. The summed E-state index contributed by atoms with van der Waals surface area (Å²) in [4.78, 5) is 39.7. The van der Waals surface area contributed by atoms with Gasteiger partial charge in [-0.15, -0.1) is 0 Å². The molecule has 3 aromatic rings. The first kappa shape index (κ1) is 36.6. The Kier molecular flexibility index (Phi) is 10.5. The fourth-order valence-corrected chi connectivity index (χ4v) is 6.78. The molecule has 50 heavy (non-hydrogen) atoms. The smallest absolute Gasteiger partial charge is 0.481 e. The Hall–Kier alpha value is -4.67. The van der Waals surface area contributed by atoms with E-state index in [2.05, 4.69) is 22.2 Å². The zero-order chi connectivity index (χ0) is 36.4. The number of halogens is 6. The largest absolute Gasteiger partial charge is 0.490 e. The molecule has 6 rings (SSSR count). The molecule has 17 heteroatoms. The number of alkyl halides is 6. The first-order valence-electron chi connectivity index (χ1n) is 15.9. The molecule has 2 saturated heterocycles. The van der Waals surface area contributed by atoms with E-state index in [-0.39, 0.29) is 29.4 Å². The van der Waals surface area contributed by atoms with Crippen molar-refractivity contribution in [3.63, 3.8) is 0 Å². The number of nitrogens with one attached hydrogen (secondary N) is 1. The predicted octanol–water partition coefficient (Wildman–Crippen LogP) is 5.20. The number of carbonyl (C=O) groups is 2. The topological polar surface area (TPSA) is 130 Å². The molecule has 1 amide bonds. The molecule has 270 valence electrons. The third-order valence-electron chi connectivity index (χ3n) is 9.33. The molecular formula is C33H36F6N6O5. The molecule has 0 bridgehead atoms. The van der Waals surface area contributed by atoms with Crippen molar-refractivity contribution in [1.29, 1.82) is 0 Å². The van der Waals surface area contributed by atoms with Crippen LogP contribution in [0.2, 0.25) is 0 Å². The van der Waals surface area contributed by atoms with Gasteiger partial charge in [-0.1, -0.05) is 19.4 Å². The second-order valence-corrected chi connectivity index (χ2v) is 12.1. The van der Waals surface area contributed by atoms with Crippen molar-refractivity contribution in [3.05, 3.63) is 59.5 Å². The SMILES string of the molecule is CCOc1ncccc1-c1ccc2c(n1)C(=O)N(C1CNC1)C[C@]21CCN(c2ccc(OC)nc2C(F)(F)F)C[C@H]1CC.O=C(O)C(F)(F)F. The number of anilines is 1. The molecule has 0 aliphatic carbocycles. The molecule has 2 N–H and O–H groups in total. The first-order valence-corrected chi connectivity index (χ1v) is 15.9. The Balaban J connectivity index is 0.000000630. The molecule has 3 aliphatic heterocycles. The predicted molar refractivity (Wildman–Crippen MR) is 168 cm³/mol. The number of aromatic nitrogens is 3. The lowest BCUT2D eigenvalue weighted by atomic mass is 9.62. The number of carboxylic acid groups (broad SMARTS) is 1. The van der Waals surface area contributed by atoms with Gasteiger partial charge in [-0.3, -0.25) is 4.79 Å². The number of piperidine rings is 1. The molecule has 3 aliphatic rings. The molecule has 2 fully saturated rings. The average molecular weight is 711 g/mol. The Bertz CT molecular complexity index is 1720. The highest BCUT2D eigenvalue weighted by Crippen LogP contribution is 2.49. The normalized spacial score (nSPS) is 20.8. The molecule has 0 saturated carbocycles. The number of pyridine rings is 3. The summed E-state index contributed by atoms with van der Waals surface area (Å²) in [6, 6.07) is 10.5. The summed E-state index contributed by atoms with van der Waals surface area (Å²) in [6.07, 6.45) is -6.79. The number of hydrogen-bond acceptors (Lipinski definition) is 9. The molecule has 2 atom stereocenters. The van der Waals surface area contributed by atoms with Crippen LogP contribution in [0.3, 0.4) is 0 Å². The molecule has 3 aromatic heterocycles. The number of fused-ring (bicyclic) bond motifs is 2. The maximum Gasteiger partial charge on any atom is 0.490 e. The highest BCUT2D eigenvalue weighted by atomic mass is 19.4. The van der Waals surface area contributed by atoms with Crippen LogP contribution in [0.25, 0.3) is 11.3 Å². The number of rotatable bonds is 7. The fourth-order valence-electron chi connectivity index (χ4n) is 6.78. The number of amides is 1. The van der Waals surface area contributed by atoms with Gasteiger partial charge < -0.3 is 29.7 Å². The van der Waals surface area contributed by atoms with E-state index in [0.717, 1.165) is 5.56 Å². The van der Waals surface area contributed by atoms with Crippen LogP contribution in [0.5, 0.6) is 11.8 Å². The van der Waals surface area contributed by atoms with Gasteiger partial charge in [0, 0.05) is 50.4 Å². The first-order chi connectivity index (χ1) is 23.6. The minimum absolute atomic E-state index is 0.0403. The third kappa shape index (κ3) is 7.13. The number of carbonyl (C=O) groups excluding carboxylic acids is 1. The Labute approximate surface area is 283 Å². The number of ether oxygens (including phenoxy) is 2. The summed E-state index contributed by atoms with van der Waals surface area (Å²) in [5, 5.41) is 10.4. The van der Waals surface area contributed by atoms with Crippen molar-refractivity contribution < 1.29 is 50.5 Å². The fraction of sp³-hybridized carbons (Fsp3) is 0.485. The van der Waals surface area contributed by atoms with Gasteiger partial charge in [-0.25, -0.2) is 19.7 Å². The Morgan fingerprint density at radius 1 is 1.08 bits per heavy atom. The molecule has 6 heterocycles. The maximum atomic E-state index is 14.1. The van der Waals surface area contributed by atoms with E-state index in [4.69, 9.17) is 24.4 Å². The summed E-state index contributed by atoms with van der Waals surface area (Å²) in [6.45, 7) is 7.04. The van der Waals surface area contributed by atoms with Crippen molar-refractivity contribution >= 4 is 17.6 Å². The highest BCUT2D eigenvalue weighted by molar-refractivity contribution is 5.97. The second kappa shape index (κ2) is 14.3. The minimum atomic E-state index is -5.08. The minimum Gasteiger partial charge on any atom is -0.481 e. The number of carboxylic acids is 1. The summed E-state index contributed by atoms with van der Waals surface area (Å²) in [7, 11) is 1.30. The van der Waals surface area contributed by atoms with Crippen LogP contribution >= 0.6 is 0 Å². The molecule has 0 aromatic carbocycles. The van der Waals surface area contributed by atoms with Gasteiger partial charge in [0.1, 0.15) is 5.69 Å². The van der Waals surface area contributed by atoms with E-state index >= 15 is 0 Å². The van der Waals surface area contributed by atoms with E-state index in [1.165, 1.54) is 19.2 Å².